The molecule has 0 aliphatic carbocycles. The van der Waals surface area contributed by atoms with Gasteiger partial charge in [-0.05, 0) is 13.8 Å². The second kappa shape index (κ2) is 2.13. The molecule has 0 aliphatic rings. The molecule has 0 aromatic carbocycles. The molecule has 0 saturated carbocycles. The molecule has 4 N–H and O–H groups in total. The highest BCUT2D eigenvalue weighted by atomic mass is 15.0. The van der Waals surface area contributed by atoms with Crippen molar-refractivity contribution in [2.45, 2.75) is 19.4 Å². The quantitative estimate of drug-likeness (QED) is 0.330. The first-order valence-corrected chi connectivity index (χ1v) is 2.54. The molecule has 0 fully saturated rings. The fourth-order valence-corrected chi connectivity index (χ4v) is 0.322. The number of likely N-dealkylation sites (N-methyl/N-ethyl adjacent to an activating group) is 1. The topological polar surface area (TPSA) is 61.9 Å². The van der Waals surface area contributed by atoms with E-state index in [2.05, 4.69) is 5.32 Å². The zero-order valence-electron chi connectivity index (χ0n) is 5.58. The first-order valence-electron chi connectivity index (χ1n) is 2.54. The molecule has 0 heterocycles. The average Bonchev–Trinajstić information content (AvgIpc) is 1.62. The van der Waals surface area contributed by atoms with E-state index in [-0.39, 0.29) is 0 Å². The van der Waals surface area contributed by atoms with Crippen molar-refractivity contribution in [3.63, 3.8) is 0 Å². The summed E-state index contributed by atoms with van der Waals surface area (Å²) in [6, 6.07) is 0. The summed E-state index contributed by atoms with van der Waals surface area (Å²) in [5, 5.41) is 9.82. The Kier molecular flexibility index (Phi) is 1.98. The molecule has 3 heteroatoms. The van der Waals surface area contributed by atoms with Crippen molar-refractivity contribution in [1.82, 2.24) is 5.32 Å². The van der Waals surface area contributed by atoms with Gasteiger partial charge in [0.15, 0.2) is 0 Å². The summed E-state index contributed by atoms with van der Waals surface area (Å²) in [7, 11) is 1.69. The van der Waals surface area contributed by atoms with Gasteiger partial charge in [-0.3, -0.25) is 5.41 Å². The lowest BCUT2D eigenvalue weighted by molar-refractivity contribution is 0.670. The maximum atomic E-state index is 7.15. The van der Waals surface area contributed by atoms with Gasteiger partial charge in [0.2, 0.25) is 0 Å². The molecule has 48 valence electrons. The van der Waals surface area contributed by atoms with E-state index < -0.39 is 5.54 Å². The van der Waals surface area contributed by atoms with Gasteiger partial charge in [-0.1, -0.05) is 0 Å². The van der Waals surface area contributed by atoms with Gasteiger partial charge in [-0.2, -0.15) is 0 Å². The highest BCUT2D eigenvalue weighted by molar-refractivity contribution is 5.87. The van der Waals surface area contributed by atoms with Gasteiger partial charge in [0.1, 0.15) is 5.84 Å². The summed E-state index contributed by atoms with van der Waals surface area (Å²) in [6.45, 7) is 3.57. The van der Waals surface area contributed by atoms with Crippen LogP contribution in [-0.2, 0) is 0 Å². The number of nitrogens with two attached hydrogens (primary N) is 1. The minimum absolute atomic E-state index is 0.359. The Hall–Kier alpha value is -0.570. The van der Waals surface area contributed by atoms with Gasteiger partial charge in [-0.25, -0.2) is 0 Å². The first-order chi connectivity index (χ1) is 3.48. The highest BCUT2D eigenvalue weighted by Crippen LogP contribution is 1.93. The predicted octanol–water partition coefficient (Wildman–Crippen LogP) is -0.0796. The molecule has 0 atom stereocenters. The van der Waals surface area contributed by atoms with Crippen molar-refractivity contribution in [3.8, 4) is 0 Å². The van der Waals surface area contributed by atoms with Crippen LogP contribution in [0.2, 0.25) is 0 Å². The molecular weight excluding hydrogens is 102 g/mol. The molecule has 0 bridgehead atoms. The number of rotatable bonds is 1. The molecule has 0 aromatic rings. The average molecular weight is 115 g/mol. The Morgan fingerprint density at radius 1 is 1.62 bits per heavy atom. The van der Waals surface area contributed by atoms with Crippen LogP contribution in [0, 0.1) is 5.41 Å². The molecule has 0 aliphatic heterocycles. The van der Waals surface area contributed by atoms with Crippen LogP contribution in [0.1, 0.15) is 13.8 Å². The predicted molar refractivity (Wildman–Crippen MR) is 35.1 cm³/mol. The molecule has 0 saturated heterocycles. The molecule has 0 spiro atoms. The number of amidine groups is 1. The third-order valence-corrected chi connectivity index (χ3v) is 0.894. The Morgan fingerprint density at radius 3 is 2.00 bits per heavy atom. The summed E-state index contributed by atoms with van der Waals surface area (Å²) in [4.78, 5) is 0. The lowest BCUT2D eigenvalue weighted by Gasteiger charge is -2.18. The van der Waals surface area contributed by atoms with E-state index in [0.717, 1.165) is 0 Å². The van der Waals surface area contributed by atoms with Crippen LogP contribution < -0.4 is 11.1 Å². The summed E-state index contributed by atoms with van der Waals surface area (Å²) < 4.78 is 0. The van der Waals surface area contributed by atoms with E-state index in [0.29, 0.717) is 5.84 Å². The lowest BCUT2D eigenvalue weighted by atomic mass is 10.1. The van der Waals surface area contributed by atoms with Gasteiger partial charge in [0, 0.05) is 7.05 Å². The maximum absolute atomic E-state index is 7.15. The Bertz CT molecular complexity index is 90.3. The second-order valence-electron chi connectivity index (χ2n) is 2.35. The van der Waals surface area contributed by atoms with Gasteiger partial charge >= 0.3 is 0 Å². The van der Waals surface area contributed by atoms with Crippen molar-refractivity contribution in [2.24, 2.45) is 5.73 Å². The van der Waals surface area contributed by atoms with Gasteiger partial charge in [-0.15, -0.1) is 0 Å². The van der Waals surface area contributed by atoms with Crippen LogP contribution in [0.5, 0.6) is 0 Å². The fraction of sp³-hybridized carbons (Fsp3) is 0.800. The number of hydrogen-bond donors (Lipinski definition) is 3. The minimum Gasteiger partial charge on any atom is -0.376 e. The standard InChI is InChI=1S/C5H13N3/c1-5(2,7)4(6)8-3/h7H2,1-3H3,(H2,6,8). The molecule has 0 aromatic heterocycles. The fourth-order valence-electron chi connectivity index (χ4n) is 0.322. The van der Waals surface area contributed by atoms with Gasteiger partial charge in [0.25, 0.3) is 0 Å². The molecule has 8 heavy (non-hydrogen) atoms. The number of hydrogen-bond acceptors (Lipinski definition) is 2. The zero-order valence-corrected chi connectivity index (χ0v) is 5.58. The summed E-state index contributed by atoms with van der Waals surface area (Å²) >= 11 is 0. The van der Waals surface area contributed by atoms with Crippen molar-refractivity contribution in [2.75, 3.05) is 7.05 Å². The third kappa shape index (κ3) is 1.93. The number of nitrogens with one attached hydrogen (secondary N) is 2. The van der Waals surface area contributed by atoms with E-state index in [1.54, 1.807) is 20.9 Å². The molecule has 0 amide bonds. The largest absolute Gasteiger partial charge is 0.376 e. The van der Waals surface area contributed by atoms with E-state index in [1.807, 2.05) is 0 Å². The van der Waals surface area contributed by atoms with E-state index in [4.69, 9.17) is 11.1 Å². The van der Waals surface area contributed by atoms with Crippen LogP contribution in [0.4, 0.5) is 0 Å². The summed E-state index contributed by atoms with van der Waals surface area (Å²) in [5.41, 5.74) is 4.98. The highest BCUT2D eigenvalue weighted by Gasteiger charge is 2.14. The van der Waals surface area contributed by atoms with Crippen LogP contribution in [0.25, 0.3) is 0 Å². The van der Waals surface area contributed by atoms with E-state index >= 15 is 0 Å². The molecular formula is C5H13N3. The van der Waals surface area contributed by atoms with Crippen molar-refractivity contribution < 1.29 is 0 Å². The zero-order chi connectivity index (χ0) is 6.78. The van der Waals surface area contributed by atoms with Crippen molar-refractivity contribution >= 4 is 5.84 Å². The summed E-state index contributed by atoms with van der Waals surface area (Å²) in [6.07, 6.45) is 0. The second-order valence-corrected chi connectivity index (χ2v) is 2.35. The van der Waals surface area contributed by atoms with E-state index in [9.17, 15) is 0 Å². The first kappa shape index (κ1) is 7.43. The minimum atomic E-state index is -0.519. The maximum Gasteiger partial charge on any atom is 0.113 e. The van der Waals surface area contributed by atoms with Crippen LogP contribution in [0.15, 0.2) is 0 Å². The third-order valence-electron chi connectivity index (χ3n) is 0.894. The Labute approximate surface area is 49.8 Å². The molecule has 0 rings (SSSR count). The lowest BCUT2D eigenvalue weighted by Crippen LogP contribution is -2.47. The van der Waals surface area contributed by atoms with Crippen LogP contribution in [0.3, 0.4) is 0 Å². The summed E-state index contributed by atoms with van der Waals surface area (Å²) in [5.74, 6) is 0.359. The Morgan fingerprint density at radius 2 is 2.00 bits per heavy atom. The van der Waals surface area contributed by atoms with E-state index in [1.165, 1.54) is 0 Å². The SMILES string of the molecule is CNC(=N)C(C)(C)N. The van der Waals surface area contributed by atoms with Crippen molar-refractivity contribution in [1.29, 1.82) is 5.41 Å². The monoisotopic (exact) mass is 115 g/mol. The van der Waals surface area contributed by atoms with Crippen molar-refractivity contribution in [3.05, 3.63) is 0 Å². The van der Waals surface area contributed by atoms with Crippen LogP contribution in [-0.4, -0.2) is 18.4 Å². The normalized spacial score (nSPS) is 11.0. The van der Waals surface area contributed by atoms with Gasteiger partial charge < -0.3 is 11.1 Å². The van der Waals surface area contributed by atoms with Crippen LogP contribution >= 0.6 is 0 Å². The van der Waals surface area contributed by atoms with Gasteiger partial charge in [0.05, 0.1) is 5.54 Å². The Balaban J connectivity index is 3.82. The molecule has 3 nitrogen and oxygen atoms in total. The smallest absolute Gasteiger partial charge is 0.113 e. The molecule has 0 radical (unpaired) electrons. The molecule has 0 unspecified atom stereocenters.